The van der Waals surface area contributed by atoms with Crippen molar-refractivity contribution in [2.24, 2.45) is 0 Å². The second kappa shape index (κ2) is 8.26. The zero-order valence-corrected chi connectivity index (χ0v) is 12.6. The lowest BCUT2D eigenvalue weighted by Crippen LogP contribution is -2.29. The van der Waals surface area contributed by atoms with Gasteiger partial charge in [0.05, 0.1) is 18.2 Å². The van der Waals surface area contributed by atoms with Crippen LogP contribution in [0, 0.1) is 0 Å². The number of halogens is 3. The van der Waals surface area contributed by atoms with Gasteiger partial charge >= 0.3 is 6.18 Å². The molecule has 0 aliphatic heterocycles. The van der Waals surface area contributed by atoms with E-state index in [0.717, 1.165) is 17.8 Å². The molecule has 0 radical (unpaired) electrons. The van der Waals surface area contributed by atoms with Gasteiger partial charge in [0.2, 0.25) is 0 Å². The molecule has 116 valence electrons. The van der Waals surface area contributed by atoms with Gasteiger partial charge in [0, 0.05) is 9.80 Å². The molecule has 2 nitrogen and oxygen atoms in total. The van der Waals surface area contributed by atoms with Crippen LogP contribution in [0.15, 0.2) is 53.3 Å². The minimum absolute atomic E-state index is 0.138. The maximum absolute atomic E-state index is 12.9. The summed E-state index contributed by atoms with van der Waals surface area (Å²) in [6.07, 6.45) is -2.15. The number of hydrogen-bond donors (Lipinski definition) is 1. The molecule has 0 bridgehead atoms. The number of benzene rings is 1. The van der Waals surface area contributed by atoms with Gasteiger partial charge in [-0.25, -0.2) is 0 Å². The predicted molar refractivity (Wildman–Crippen MR) is 79.8 cm³/mol. The van der Waals surface area contributed by atoms with Crippen LogP contribution in [0.5, 0.6) is 0 Å². The van der Waals surface area contributed by atoms with Crippen LogP contribution in [0.25, 0.3) is 0 Å². The highest BCUT2D eigenvalue weighted by atomic mass is 32.2. The van der Waals surface area contributed by atoms with Crippen LogP contribution in [0.2, 0.25) is 0 Å². The van der Waals surface area contributed by atoms with Crippen molar-refractivity contribution in [1.29, 1.82) is 0 Å². The molecule has 1 atom stereocenters. The van der Waals surface area contributed by atoms with Gasteiger partial charge in [-0.3, -0.25) is 4.84 Å². The zero-order chi connectivity index (χ0) is 15.9. The Morgan fingerprint density at radius 2 is 2.10 bits per heavy atom. The Kier molecular flexibility index (Phi) is 7.01. The van der Waals surface area contributed by atoms with E-state index in [9.17, 15) is 13.2 Å². The molecule has 1 unspecified atom stereocenters. The molecule has 21 heavy (non-hydrogen) atoms. The molecule has 0 amide bonds. The summed E-state index contributed by atoms with van der Waals surface area (Å²) in [6, 6.07) is 5.22. The molecule has 0 aromatic heterocycles. The van der Waals surface area contributed by atoms with Crippen molar-refractivity contribution in [3.8, 4) is 0 Å². The molecule has 0 aliphatic rings. The highest BCUT2D eigenvalue weighted by Gasteiger charge is 2.33. The van der Waals surface area contributed by atoms with Crippen molar-refractivity contribution in [3.63, 3.8) is 0 Å². The van der Waals surface area contributed by atoms with Gasteiger partial charge in [-0.2, -0.15) is 18.7 Å². The average Bonchev–Trinajstić information content (AvgIpc) is 2.43. The third kappa shape index (κ3) is 5.57. The fraction of sp³-hybridized carbons (Fsp3) is 0.333. The summed E-state index contributed by atoms with van der Waals surface area (Å²) in [7, 11) is 0. The van der Waals surface area contributed by atoms with E-state index in [1.807, 2.05) is 6.92 Å². The van der Waals surface area contributed by atoms with E-state index in [1.54, 1.807) is 12.1 Å². The molecule has 1 N–H and O–H groups in total. The van der Waals surface area contributed by atoms with E-state index in [-0.39, 0.29) is 10.9 Å². The minimum atomic E-state index is -4.38. The van der Waals surface area contributed by atoms with Crippen molar-refractivity contribution in [1.82, 2.24) is 5.48 Å². The van der Waals surface area contributed by atoms with Gasteiger partial charge in [0.25, 0.3) is 0 Å². The summed E-state index contributed by atoms with van der Waals surface area (Å²) < 4.78 is 38.8. The van der Waals surface area contributed by atoms with Gasteiger partial charge in [-0.15, -0.1) is 6.58 Å². The van der Waals surface area contributed by atoms with E-state index in [0.29, 0.717) is 17.9 Å². The summed E-state index contributed by atoms with van der Waals surface area (Å²) in [4.78, 5) is 5.83. The normalized spacial score (nSPS) is 13.0. The number of hydroxylamine groups is 1. The first-order chi connectivity index (χ1) is 9.90. The summed E-state index contributed by atoms with van der Waals surface area (Å²) in [5, 5.41) is 0. The van der Waals surface area contributed by atoms with Crippen LogP contribution >= 0.6 is 11.8 Å². The monoisotopic (exact) mass is 317 g/mol. The smallest absolute Gasteiger partial charge is 0.297 e. The largest absolute Gasteiger partial charge is 0.417 e. The molecular formula is C15H18F3NOS. The van der Waals surface area contributed by atoms with Gasteiger partial charge < -0.3 is 0 Å². The third-order valence-corrected chi connectivity index (χ3v) is 3.78. The van der Waals surface area contributed by atoms with Crippen LogP contribution in [0.4, 0.5) is 13.2 Å². The number of alkyl halides is 3. The summed E-state index contributed by atoms with van der Waals surface area (Å²) >= 11 is 1.01. The lowest BCUT2D eigenvalue weighted by Gasteiger charge is -2.20. The van der Waals surface area contributed by atoms with Gasteiger partial charge in [-0.1, -0.05) is 43.5 Å². The Balaban J connectivity index is 2.80. The van der Waals surface area contributed by atoms with Crippen molar-refractivity contribution in [3.05, 3.63) is 54.0 Å². The Bertz CT molecular complexity index is 488. The number of nitrogens with one attached hydrogen (secondary N) is 1. The van der Waals surface area contributed by atoms with Crippen molar-refractivity contribution >= 4 is 11.8 Å². The van der Waals surface area contributed by atoms with Crippen molar-refractivity contribution in [2.45, 2.75) is 30.5 Å². The first-order valence-electron chi connectivity index (χ1n) is 6.41. The maximum Gasteiger partial charge on any atom is 0.417 e. The van der Waals surface area contributed by atoms with Crippen LogP contribution in [-0.2, 0) is 11.0 Å². The Labute approximate surface area is 127 Å². The highest BCUT2D eigenvalue weighted by molar-refractivity contribution is 8.03. The summed E-state index contributed by atoms with van der Waals surface area (Å²) in [5.41, 5.74) is 2.12. The van der Waals surface area contributed by atoms with E-state index < -0.39 is 11.7 Å². The molecule has 0 heterocycles. The minimum Gasteiger partial charge on any atom is -0.297 e. The maximum atomic E-state index is 12.9. The quantitative estimate of drug-likeness (QED) is 0.322. The molecule has 1 rings (SSSR count). The van der Waals surface area contributed by atoms with E-state index in [4.69, 9.17) is 4.84 Å². The van der Waals surface area contributed by atoms with Crippen LogP contribution in [-0.4, -0.2) is 12.6 Å². The lowest BCUT2D eigenvalue weighted by molar-refractivity contribution is -0.139. The molecule has 0 aliphatic carbocycles. The molecule has 0 saturated heterocycles. The predicted octanol–water partition coefficient (Wildman–Crippen LogP) is 4.80. The number of hydrogen-bond acceptors (Lipinski definition) is 3. The Hall–Kier alpha value is -1.24. The van der Waals surface area contributed by atoms with Gasteiger partial charge in [0.1, 0.15) is 0 Å². The summed E-state index contributed by atoms with van der Waals surface area (Å²) in [6.45, 7) is 9.58. The average molecular weight is 317 g/mol. The topological polar surface area (TPSA) is 21.3 Å². The lowest BCUT2D eigenvalue weighted by atomic mass is 10.2. The van der Waals surface area contributed by atoms with E-state index >= 15 is 0 Å². The standard InChI is InChI=1S/C15H18F3NOS/c1-4-10-20-19-13(5-2)11(3)21-14-9-7-6-8-12(14)15(16,17)18/h4,6-9,13,19H,1,3,5,10H2,2H3. The Morgan fingerprint density at radius 3 is 2.67 bits per heavy atom. The highest BCUT2D eigenvalue weighted by Crippen LogP contribution is 2.39. The molecule has 6 heteroatoms. The van der Waals surface area contributed by atoms with Gasteiger partial charge in [0.15, 0.2) is 0 Å². The fourth-order valence-electron chi connectivity index (χ4n) is 1.59. The molecule has 0 saturated carbocycles. The van der Waals surface area contributed by atoms with Crippen LogP contribution < -0.4 is 5.48 Å². The fourth-order valence-corrected chi connectivity index (χ4v) is 2.67. The van der Waals surface area contributed by atoms with E-state index in [2.05, 4.69) is 18.6 Å². The van der Waals surface area contributed by atoms with Crippen LogP contribution in [0.1, 0.15) is 18.9 Å². The van der Waals surface area contributed by atoms with Crippen molar-refractivity contribution in [2.75, 3.05) is 6.61 Å². The molecule has 0 spiro atoms. The van der Waals surface area contributed by atoms with Gasteiger partial charge in [-0.05, 0) is 18.6 Å². The number of thioether (sulfide) groups is 1. The zero-order valence-electron chi connectivity index (χ0n) is 11.7. The Morgan fingerprint density at radius 1 is 1.43 bits per heavy atom. The SMILES string of the molecule is C=CCONC(CC)C(=C)Sc1ccccc1C(F)(F)F. The molecule has 1 aromatic rings. The number of rotatable bonds is 8. The van der Waals surface area contributed by atoms with E-state index in [1.165, 1.54) is 12.1 Å². The second-order valence-corrected chi connectivity index (χ2v) is 5.41. The first-order valence-corrected chi connectivity index (χ1v) is 7.22. The van der Waals surface area contributed by atoms with Crippen LogP contribution in [0.3, 0.4) is 0 Å². The summed E-state index contributed by atoms with van der Waals surface area (Å²) in [5.74, 6) is 0. The molecule has 0 fully saturated rings. The third-order valence-electron chi connectivity index (χ3n) is 2.66. The van der Waals surface area contributed by atoms with Crippen molar-refractivity contribution < 1.29 is 18.0 Å². The first kappa shape index (κ1) is 17.8. The molecular weight excluding hydrogens is 299 g/mol. The second-order valence-electron chi connectivity index (χ2n) is 4.24. The molecule has 1 aromatic carbocycles.